The summed E-state index contributed by atoms with van der Waals surface area (Å²) in [6, 6.07) is 12.4. The van der Waals surface area contributed by atoms with Crippen LogP contribution in [0.25, 0.3) is 0 Å². The molecule has 2 amide bonds. The summed E-state index contributed by atoms with van der Waals surface area (Å²) < 4.78 is 5.53. The summed E-state index contributed by atoms with van der Waals surface area (Å²) in [6.45, 7) is 2.46. The van der Waals surface area contributed by atoms with Crippen LogP contribution in [0.3, 0.4) is 0 Å². The molecular weight excluding hydrogens is 376 g/mol. The van der Waals surface area contributed by atoms with Crippen LogP contribution in [0.5, 0.6) is 5.75 Å². The number of nitrogens with zero attached hydrogens (tertiary/aromatic N) is 2. The van der Waals surface area contributed by atoms with Crippen molar-refractivity contribution < 1.29 is 19.2 Å². The van der Waals surface area contributed by atoms with Crippen LogP contribution in [0.4, 0.5) is 5.69 Å². The van der Waals surface area contributed by atoms with Gasteiger partial charge in [0.2, 0.25) is 0 Å². The normalized spacial score (nSPS) is 10.5. The SMILES string of the molecule is CCCCOc1ccc(C(=O)NCC(=O)NN=Cc2ccc([N+](=O)[O-])cc2)cc1. The highest BCUT2D eigenvalue weighted by atomic mass is 16.6. The van der Waals surface area contributed by atoms with Crippen molar-refractivity contribution in [2.24, 2.45) is 5.10 Å². The molecule has 0 radical (unpaired) electrons. The topological polar surface area (TPSA) is 123 Å². The molecule has 2 N–H and O–H groups in total. The Balaban J connectivity index is 1.75. The predicted octanol–water partition coefficient (Wildman–Crippen LogP) is 2.65. The number of hydrogen-bond acceptors (Lipinski definition) is 6. The number of ether oxygens (including phenoxy) is 1. The fraction of sp³-hybridized carbons (Fsp3) is 0.250. The van der Waals surface area contributed by atoms with Crippen molar-refractivity contribution in [2.45, 2.75) is 19.8 Å². The van der Waals surface area contributed by atoms with Crippen molar-refractivity contribution in [3.63, 3.8) is 0 Å². The number of nitro benzene ring substituents is 1. The van der Waals surface area contributed by atoms with Gasteiger partial charge >= 0.3 is 0 Å². The van der Waals surface area contributed by atoms with Crippen LogP contribution in [0.15, 0.2) is 53.6 Å². The maximum absolute atomic E-state index is 12.1. The molecule has 9 heteroatoms. The summed E-state index contributed by atoms with van der Waals surface area (Å²) in [4.78, 5) is 33.9. The average Bonchev–Trinajstić information content (AvgIpc) is 2.73. The van der Waals surface area contributed by atoms with E-state index in [1.807, 2.05) is 0 Å². The summed E-state index contributed by atoms with van der Waals surface area (Å²) in [5, 5.41) is 16.8. The molecule has 0 atom stereocenters. The Morgan fingerprint density at radius 3 is 2.45 bits per heavy atom. The fourth-order valence-corrected chi connectivity index (χ4v) is 2.20. The van der Waals surface area contributed by atoms with Gasteiger partial charge < -0.3 is 10.1 Å². The van der Waals surface area contributed by atoms with E-state index >= 15 is 0 Å². The van der Waals surface area contributed by atoms with Gasteiger partial charge in [0.15, 0.2) is 0 Å². The summed E-state index contributed by atoms with van der Waals surface area (Å²) in [5.74, 6) is -0.205. The first-order valence-corrected chi connectivity index (χ1v) is 9.07. The first-order valence-electron chi connectivity index (χ1n) is 9.07. The van der Waals surface area contributed by atoms with Gasteiger partial charge in [0, 0.05) is 17.7 Å². The highest BCUT2D eigenvalue weighted by Gasteiger charge is 2.08. The van der Waals surface area contributed by atoms with Crippen LogP contribution in [0.2, 0.25) is 0 Å². The first kappa shape index (κ1) is 21.5. The van der Waals surface area contributed by atoms with E-state index in [1.165, 1.54) is 30.5 Å². The highest BCUT2D eigenvalue weighted by Crippen LogP contribution is 2.13. The van der Waals surface area contributed by atoms with Gasteiger partial charge in [0.05, 0.1) is 24.3 Å². The second kappa shape index (κ2) is 11.2. The Bertz CT molecular complexity index is 863. The monoisotopic (exact) mass is 398 g/mol. The van der Waals surface area contributed by atoms with Gasteiger partial charge in [-0.05, 0) is 48.4 Å². The van der Waals surface area contributed by atoms with E-state index in [9.17, 15) is 19.7 Å². The third-order valence-electron chi connectivity index (χ3n) is 3.80. The Morgan fingerprint density at radius 1 is 1.14 bits per heavy atom. The van der Waals surface area contributed by atoms with E-state index in [1.54, 1.807) is 24.3 Å². The number of hydrazone groups is 1. The molecule has 0 heterocycles. The van der Waals surface area contributed by atoms with E-state index in [2.05, 4.69) is 22.8 Å². The Morgan fingerprint density at radius 2 is 1.83 bits per heavy atom. The molecule has 2 aromatic carbocycles. The van der Waals surface area contributed by atoms with E-state index in [0.29, 0.717) is 23.5 Å². The number of carbonyl (C=O) groups excluding carboxylic acids is 2. The molecule has 2 rings (SSSR count). The van der Waals surface area contributed by atoms with Crippen molar-refractivity contribution >= 4 is 23.7 Å². The summed E-state index contributed by atoms with van der Waals surface area (Å²) in [5.41, 5.74) is 3.24. The van der Waals surface area contributed by atoms with Crippen LogP contribution >= 0.6 is 0 Å². The maximum atomic E-state index is 12.1. The summed E-state index contributed by atoms with van der Waals surface area (Å²) in [7, 11) is 0. The second-order valence-electron chi connectivity index (χ2n) is 6.05. The lowest BCUT2D eigenvalue weighted by Gasteiger charge is -2.07. The Labute approximate surface area is 167 Å². The maximum Gasteiger partial charge on any atom is 0.269 e. The molecule has 9 nitrogen and oxygen atoms in total. The Kier molecular flexibility index (Phi) is 8.30. The highest BCUT2D eigenvalue weighted by molar-refractivity contribution is 5.96. The number of hydrogen-bond donors (Lipinski definition) is 2. The van der Waals surface area contributed by atoms with Gasteiger partial charge in [-0.1, -0.05) is 13.3 Å². The number of nitrogens with one attached hydrogen (secondary N) is 2. The van der Waals surface area contributed by atoms with Crippen LogP contribution in [-0.4, -0.2) is 36.1 Å². The number of carbonyl (C=O) groups is 2. The summed E-state index contributed by atoms with van der Waals surface area (Å²) >= 11 is 0. The third-order valence-corrected chi connectivity index (χ3v) is 3.80. The van der Waals surface area contributed by atoms with Gasteiger partial charge in [-0.15, -0.1) is 0 Å². The van der Waals surface area contributed by atoms with E-state index < -0.39 is 10.8 Å². The number of non-ortho nitro benzene ring substituents is 1. The minimum atomic E-state index is -0.504. The molecule has 0 saturated heterocycles. The van der Waals surface area contributed by atoms with Crippen LogP contribution < -0.4 is 15.5 Å². The van der Waals surface area contributed by atoms with Gasteiger partial charge in [-0.25, -0.2) is 5.43 Å². The second-order valence-corrected chi connectivity index (χ2v) is 6.05. The number of nitro groups is 1. The van der Waals surface area contributed by atoms with E-state index in [-0.39, 0.29) is 18.1 Å². The molecule has 0 fully saturated rings. The molecule has 0 spiro atoms. The predicted molar refractivity (Wildman–Crippen MR) is 108 cm³/mol. The molecule has 0 aromatic heterocycles. The van der Waals surface area contributed by atoms with Gasteiger partial charge in [0.25, 0.3) is 17.5 Å². The third kappa shape index (κ3) is 7.41. The minimum Gasteiger partial charge on any atom is -0.494 e. The number of unbranched alkanes of at least 4 members (excludes halogenated alkanes) is 1. The summed E-state index contributed by atoms with van der Waals surface area (Å²) in [6.07, 6.45) is 3.35. The molecule has 0 aliphatic heterocycles. The lowest BCUT2D eigenvalue weighted by Crippen LogP contribution is -2.34. The van der Waals surface area contributed by atoms with Crippen LogP contribution in [0, 0.1) is 10.1 Å². The number of rotatable bonds is 10. The first-order chi connectivity index (χ1) is 14.0. The molecule has 0 bridgehead atoms. The van der Waals surface area contributed by atoms with Crippen molar-refractivity contribution in [1.82, 2.24) is 10.7 Å². The van der Waals surface area contributed by atoms with Gasteiger partial charge in [-0.3, -0.25) is 19.7 Å². The molecule has 0 aliphatic rings. The van der Waals surface area contributed by atoms with Gasteiger partial charge in [0.1, 0.15) is 5.75 Å². The van der Waals surface area contributed by atoms with Crippen molar-refractivity contribution in [3.8, 4) is 5.75 Å². The quantitative estimate of drug-likeness (QED) is 0.276. The zero-order chi connectivity index (χ0) is 21.1. The Hall–Kier alpha value is -3.75. The molecule has 2 aromatic rings. The van der Waals surface area contributed by atoms with Crippen LogP contribution in [0.1, 0.15) is 35.7 Å². The number of amides is 2. The van der Waals surface area contributed by atoms with Crippen molar-refractivity contribution in [3.05, 3.63) is 69.8 Å². The van der Waals surface area contributed by atoms with Crippen molar-refractivity contribution in [2.75, 3.05) is 13.2 Å². The van der Waals surface area contributed by atoms with Crippen molar-refractivity contribution in [1.29, 1.82) is 0 Å². The molecule has 0 saturated carbocycles. The fourth-order valence-electron chi connectivity index (χ4n) is 2.20. The molecule has 152 valence electrons. The standard InChI is InChI=1S/C20H22N4O5/c1-2-3-12-29-18-10-6-16(7-11-18)20(26)21-14-19(25)23-22-13-15-4-8-17(9-5-15)24(27)28/h4-11,13H,2-3,12,14H2,1H3,(H,21,26)(H,23,25). The lowest BCUT2D eigenvalue weighted by molar-refractivity contribution is -0.384. The van der Waals surface area contributed by atoms with E-state index in [4.69, 9.17) is 4.74 Å². The zero-order valence-electron chi connectivity index (χ0n) is 16.0. The zero-order valence-corrected chi connectivity index (χ0v) is 16.0. The lowest BCUT2D eigenvalue weighted by atomic mass is 10.2. The number of benzene rings is 2. The van der Waals surface area contributed by atoms with E-state index in [0.717, 1.165) is 12.8 Å². The minimum absolute atomic E-state index is 0.0329. The molecule has 0 aliphatic carbocycles. The largest absolute Gasteiger partial charge is 0.494 e. The molecular formula is C20H22N4O5. The molecule has 0 unspecified atom stereocenters. The molecule has 29 heavy (non-hydrogen) atoms. The smallest absolute Gasteiger partial charge is 0.269 e. The van der Waals surface area contributed by atoms with Gasteiger partial charge in [-0.2, -0.15) is 5.10 Å². The average molecular weight is 398 g/mol. The van der Waals surface area contributed by atoms with Crippen LogP contribution in [-0.2, 0) is 4.79 Å².